The number of aliphatic hydroxyl groups excluding tert-OH is 2. The van der Waals surface area contributed by atoms with Gasteiger partial charge in [0.05, 0.1) is 18.3 Å². The van der Waals surface area contributed by atoms with E-state index >= 15 is 0 Å². The molecule has 4 rings (SSSR count). The smallest absolute Gasteiger partial charge is 0.260 e. The number of aliphatic hydroxyl groups is 2. The van der Waals surface area contributed by atoms with Gasteiger partial charge in [0, 0.05) is 42.2 Å². The molecule has 162 valence electrons. The molecule has 7 nitrogen and oxygen atoms in total. The number of fused-ring (bicyclic) bond motifs is 1. The molecule has 3 N–H and O–H groups in total. The largest absolute Gasteiger partial charge is 0.482 e. The van der Waals surface area contributed by atoms with Gasteiger partial charge >= 0.3 is 0 Å². The van der Waals surface area contributed by atoms with E-state index in [4.69, 9.17) is 9.84 Å². The third-order valence-corrected chi connectivity index (χ3v) is 5.41. The number of rotatable bonds is 5. The van der Waals surface area contributed by atoms with Gasteiger partial charge in [-0.1, -0.05) is 0 Å². The highest BCUT2D eigenvalue weighted by molar-refractivity contribution is 6.32. The summed E-state index contributed by atoms with van der Waals surface area (Å²) >= 11 is 0. The Hall–Kier alpha value is -3.23. The van der Waals surface area contributed by atoms with Crippen molar-refractivity contribution in [2.24, 2.45) is 0 Å². The molecule has 3 heterocycles. The maximum atomic E-state index is 13.8. The van der Waals surface area contributed by atoms with Crippen LogP contribution < -0.4 is 10.2 Å². The van der Waals surface area contributed by atoms with E-state index in [9.17, 15) is 14.3 Å². The maximum Gasteiger partial charge on any atom is 0.260 e. The van der Waals surface area contributed by atoms with Crippen molar-refractivity contribution in [3.8, 4) is 0 Å². The molecule has 0 spiro atoms. The minimum atomic E-state index is -0.851. The van der Waals surface area contributed by atoms with E-state index in [2.05, 4.69) is 10.3 Å². The quantitative estimate of drug-likeness (QED) is 0.638. The number of hydrogen-bond acceptors (Lipinski definition) is 6. The van der Waals surface area contributed by atoms with Gasteiger partial charge in [0.15, 0.2) is 0 Å². The summed E-state index contributed by atoms with van der Waals surface area (Å²) in [4.78, 5) is 18.8. The summed E-state index contributed by atoms with van der Waals surface area (Å²) in [6.07, 6.45) is 2.64. The lowest BCUT2D eigenvalue weighted by atomic mass is 9.93. The van der Waals surface area contributed by atoms with Crippen LogP contribution in [0.5, 0.6) is 0 Å². The van der Waals surface area contributed by atoms with Gasteiger partial charge in [-0.3, -0.25) is 4.79 Å². The predicted octanol–water partition coefficient (Wildman–Crippen LogP) is 2.57. The number of carbonyl (C=O) groups excluding carboxylic acids is 1. The Morgan fingerprint density at radius 2 is 2.06 bits per heavy atom. The third kappa shape index (κ3) is 3.92. The Kier molecular flexibility index (Phi) is 5.28. The molecule has 0 aliphatic carbocycles. The number of nitrogens with zero attached hydrogens (tertiary/aromatic N) is 2. The number of amides is 1. The number of likely N-dealkylation sites (N-methyl/N-ethyl adjacent to an activating group) is 1. The van der Waals surface area contributed by atoms with Crippen LogP contribution >= 0.6 is 0 Å². The molecule has 1 unspecified atom stereocenters. The molecule has 0 saturated carbocycles. The van der Waals surface area contributed by atoms with Crippen LogP contribution in [0.2, 0.25) is 0 Å². The summed E-state index contributed by atoms with van der Waals surface area (Å²) in [6.45, 7) is 3.72. The first-order chi connectivity index (χ1) is 14.7. The van der Waals surface area contributed by atoms with Gasteiger partial charge in [-0.2, -0.15) is 0 Å². The fourth-order valence-electron chi connectivity index (χ4n) is 3.84. The number of ether oxygens (including phenoxy) is 1. The number of hydrogen-bond donors (Lipinski definition) is 3. The molecule has 1 aromatic heterocycles. The molecule has 0 radical (unpaired) electrons. The van der Waals surface area contributed by atoms with Crippen LogP contribution in [0, 0.1) is 5.82 Å². The Morgan fingerprint density at radius 3 is 2.74 bits per heavy atom. The van der Waals surface area contributed by atoms with E-state index in [1.807, 2.05) is 26.0 Å². The monoisotopic (exact) mass is 425 g/mol. The number of carbonyl (C=O) groups is 1. The number of benzene rings is 1. The summed E-state index contributed by atoms with van der Waals surface area (Å²) in [5.74, 6) is 0.271. The highest BCUT2D eigenvalue weighted by atomic mass is 19.1. The van der Waals surface area contributed by atoms with Gasteiger partial charge in [0.25, 0.3) is 5.91 Å². The van der Waals surface area contributed by atoms with Crippen molar-refractivity contribution in [1.29, 1.82) is 0 Å². The maximum absolute atomic E-state index is 13.8. The molecular weight excluding hydrogens is 401 g/mol. The van der Waals surface area contributed by atoms with Gasteiger partial charge in [-0.15, -0.1) is 0 Å². The summed E-state index contributed by atoms with van der Waals surface area (Å²) in [5.41, 5.74) is 2.27. The van der Waals surface area contributed by atoms with E-state index in [1.165, 1.54) is 18.2 Å². The first kappa shape index (κ1) is 21.0. The summed E-state index contributed by atoms with van der Waals surface area (Å²) < 4.78 is 19.9. The zero-order chi connectivity index (χ0) is 22.3. The van der Waals surface area contributed by atoms with Crippen LogP contribution in [0.4, 0.5) is 15.9 Å². The highest BCUT2D eigenvalue weighted by Gasteiger charge is 2.38. The molecule has 0 bridgehead atoms. The number of allylic oxidation sites excluding steroid dienone is 1. The lowest BCUT2D eigenvalue weighted by molar-refractivity contribution is -0.111. The zero-order valence-electron chi connectivity index (χ0n) is 17.5. The van der Waals surface area contributed by atoms with Crippen LogP contribution in [-0.4, -0.2) is 53.0 Å². The van der Waals surface area contributed by atoms with Crippen LogP contribution in [0.25, 0.3) is 11.1 Å². The van der Waals surface area contributed by atoms with Crippen LogP contribution in [0.3, 0.4) is 0 Å². The normalized spacial score (nSPS) is 20.1. The molecule has 2 aromatic rings. The van der Waals surface area contributed by atoms with Gasteiger partial charge in [-0.25, -0.2) is 9.37 Å². The van der Waals surface area contributed by atoms with Crippen LogP contribution in [-0.2, 0) is 9.53 Å². The van der Waals surface area contributed by atoms with Crippen molar-refractivity contribution in [1.82, 2.24) is 4.98 Å². The minimum Gasteiger partial charge on any atom is -0.482 e. The predicted molar refractivity (Wildman–Crippen MR) is 116 cm³/mol. The Balaban J connectivity index is 1.68. The number of aromatic nitrogens is 1. The fraction of sp³-hybridized carbons (Fsp3) is 0.304. The topological polar surface area (TPSA) is 94.9 Å². The summed E-state index contributed by atoms with van der Waals surface area (Å²) in [6, 6.07) is 7.86. The van der Waals surface area contributed by atoms with Crippen molar-refractivity contribution in [2.75, 3.05) is 30.4 Å². The van der Waals surface area contributed by atoms with Gasteiger partial charge < -0.3 is 25.2 Å². The SMILES string of the molecule is CN(CC(O)CO)c1ccc(C2=C/C(=C3\C(=O)Nc4ccc(F)cc43)OC2(C)C)cn1. The average Bonchev–Trinajstić information content (AvgIpc) is 3.22. The minimum absolute atomic E-state index is 0.251. The van der Waals surface area contributed by atoms with Crippen molar-refractivity contribution in [3.63, 3.8) is 0 Å². The van der Waals surface area contributed by atoms with E-state index in [1.54, 1.807) is 24.2 Å². The molecule has 2 aliphatic heterocycles. The molecule has 1 aromatic carbocycles. The first-order valence-electron chi connectivity index (χ1n) is 9.93. The molecule has 8 heteroatoms. The van der Waals surface area contributed by atoms with E-state index in [0.29, 0.717) is 28.4 Å². The van der Waals surface area contributed by atoms with Gasteiger partial charge in [0.2, 0.25) is 0 Å². The van der Waals surface area contributed by atoms with Crippen LogP contribution in [0.1, 0.15) is 25.0 Å². The lowest BCUT2D eigenvalue weighted by Crippen LogP contribution is -2.31. The summed E-state index contributed by atoms with van der Waals surface area (Å²) in [5, 5.41) is 21.4. The highest BCUT2D eigenvalue weighted by Crippen LogP contribution is 2.44. The summed E-state index contributed by atoms with van der Waals surface area (Å²) in [7, 11) is 1.78. The van der Waals surface area contributed by atoms with E-state index in [0.717, 1.165) is 11.1 Å². The second-order valence-electron chi connectivity index (χ2n) is 8.18. The Bertz CT molecular complexity index is 1090. The number of pyridine rings is 1. The van der Waals surface area contributed by atoms with Crippen molar-refractivity contribution < 1.29 is 24.1 Å². The first-order valence-corrected chi connectivity index (χ1v) is 9.93. The number of anilines is 2. The lowest BCUT2D eigenvalue weighted by Gasteiger charge is -2.24. The van der Waals surface area contributed by atoms with Gasteiger partial charge in [0.1, 0.15) is 23.0 Å². The van der Waals surface area contributed by atoms with Crippen molar-refractivity contribution >= 4 is 28.6 Å². The van der Waals surface area contributed by atoms with Crippen molar-refractivity contribution in [3.05, 3.63) is 65.3 Å². The standard InChI is InChI=1S/C23H24FN3O4/c1-23(2)17(13-4-7-20(25-10-13)27(3)11-15(29)12-28)9-19(31-23)21-16-8-14(24)5-6-18(16)26-22(21)30/h4-10,15,28-29H,11-12H2,1-3H3,(H,26,30)/b21-19+. The molecule has 31 heavy (non-hydrogen) atoms. The molecule has 1 atom stereocenters. The third-order valence-electron chi connectivity index (χ3n) is 5.41. The second kappa shape index (κ2) is 7.79. The Labute approximate surface area is 179 Å². The fourth-order valence-corrected chi connectivity index (χ4v) is 3.84. The molecule has 0 fully saturated rings. The van der Waals surface area contributed by atoms with Crippen molar-refractivity contribution in [2.45, 2.75) is 25.6 Å². The molecule has 2 aliphatic rings. The molecule has 1 amide bonds. The van der Waals surface area contributed by atoms with Gasteiger partial charge in [-0.05, 0) is 50.3 Å². The van der Waals surface area contributed by atoms with E-state index < -0.39 is 17.5 Å². The average molecular weight is 425 g/mol. The number of nitrogens with one attached hydrogen (secondary N) is 1. The zero-order valence-corrected chi connectivity index (χ0v) is 17.5. The molecule has 0 saturated heterocycles. The number of halogens is 1. The Morgan fingerprint density at radius 1 is 1.29 bits per heavy atom. The van der Waals surface area contributed by atoms with Crippen LogP contribution in [0.15, 0.2) is 48.4 Å². The molecular formula is C23H24FN3O4. The second-order valence-corrected chi connectivity index (χ2v) is 8.18. The van der Waals surface area contributed by atoms with E-state index in [-0.39, 0.29) is 19.1 Å².